The van der Waals surface area contributed by atoms with Gasteiger partial charge in [0.1, 0.15) is 5.82 Å². The molecule has 1 aromatic carbocycles. The van der Waals surface area contributed by atoms with E-state index in [1.54, 1.807) is 0 Å². The summed E-state index contributed by atoms with van der Waals surface area (Å²) in [6, 6.07) is 4.21. The monoisotopic (exact) mass is 340 g/mol. The molecular weight excluding hydrogens is 328 g/mol. The molecule has 0 saturated carbocycles. The highest BCUT2D eigenvalue weighted by Crippen LogP contribution is 2.24. The Kier molecular flexibility index (Phi) is 4.33. The van der Waals surface area contributed by atoms with E-state index in [4.69, 9.17) is 0 Å². The Hall–Kier alpha value is -1.96. The Labute approximate surface area is 122 Å². The highest BCUT2D eigenvalue weighted by atomic mass is 79.9. The number of halogens is 1. The van der Waals surface area contributed by atoms with Gasteiger partial charge in [0.05, 0.1) is 10.6 Å². The molecule has 0 radical (unpaired) electrons. The molecule has 0 bridgehead atoms. The van der Waals surface area contributed by atoms with Crippen LogP contribution in [0.1, 0.15) is 25.6 Å². The molecule has 1 N–H and O–H groups in total. The number of benzene rings is 1. The number of hydrogen-bond acceptors (Lipinski definition) is 4. The molecule has 2 rings (SSSR count). The molecule has 0 saturated heterocycles. The lowest BCUT2D eigenvalue weighted by atomic mass is 10.2. The van der Waals surface area contributed by atoms with Crippen LogP contribution >= 0.6 is 15.9 Å². The van der Waals surface area contributed by atoms with Crippen molar-refractivity contribution in [3.8, 4) is 5.69 Å². The van der Waals surface area contributed by atoms with Gasteiger partial charge in [-0.1, -0.05) is 13.3 Å². The first-order valence-corrected chi connectivity index (χ1v) is 6.94. The first-order valence-electron chi connectivity index (χ1n) is 6.15. The van der Waals surface area contributed by atoms with Crippen LogP contribution < -0.4 is 5.69 Å². The van der Waals surface area contributed by atoms with E-state index in [9.17, 15) is 14.9 Å². The number of unbranched alkanes of at least 4 members (excludes halogenated alkanes) is 1. The molecule has 0 fully saturated rings. The van der Waals surface area contributed by atoms with Crippen LogP contribution in [0, 0.1) is 10.1 Å². The fourth-order valence-corrected chi connectivity index (χ4v) is 2.18. The third kappa shape index (κ3) is 2.96. The number of aryl methyl sites for hydroxylation is 1. The molecule has 0 atom stereocenters. The van der Waals surface area contributed by atoms with Crippen LogP contribution in [0.4, 0.5) is 5.69 Å². The normalized spacial score (nSPS) is 10.7. The van der Waals surface area contributed by atoms with Crippen molar-refractivity contribution in [1.82, 2.24) is 14.8 Å². The van der Waals surface area contributed by atoms with Gasteiger partial charge in [-0.15, -0.1) is 0 Å². The minimum Gasteiger partial charge on any atom is -0.292 e. The van der Waals surface area contributed by atoms with Crippen molar-refractivity contribution in [2.24, 2.45) is 0 Å². The van der Waals surface area contributed by atoms with Gasteiger partial charge in [-0.25, -0.2) is 4.79 Å². The molecule has 106 valence electrons. The Balaban J connectivity index is 2.45. The SMILES string of the molecule is CCCCc1nn(-c2cc([N+](=O)[O-])ccc2Br)c(=O)[nH]1. The van der Waals surface area contributed by atoms with E-state index >= 15 is 0 Å². The number of non-ortho nitro benzene ring substituents is 1. The third-order valence-corrected chi connectivity index (χ3v) is 3.47. The number of aromatic nitrogens is 3. The van der Waals surface area contributed by atoms with Crippen molar-refractivity contribution in [1.29, 1.82) is 0 Å². The van der Waals surface area contributed by atoms with E-state index in [0.29, 0.717) is 22.4 Å². The largest absolute Gasteiger partial charge is 0.348 e. The fourth-order valence-electron chi connectivity index (χ4n) is 1.76. The van der Waals surface area contributed by atoms with Gasteiger partial charge in [0.25, 0.3) is 5.69 Å². The number of aromatic amines is 1. The van der Waals surface area contributed by atoms with Gasteiger partial charge in [0, 0.05) is 23.0 Å². The second kappa shape index (κ2) is 6.00. The molecule has 1 aromatic heterocycles. The topological polar surface area (TPSA) is 93.8 Å². The van der Waals surface area contributed by atoms with Crippen molar-refractivity contribution >= 4 is 21.6 Å². The van der Waals surface area contributed by atoms with E-state index in [-0.39, 0.29) is 5.69 Å². The number of H-pyrrole nitrogens is 1. The number of hydrogen-bond donors (Lipinski definition) is 1. The summed E-state index contributed by atoms with van der Waals surface area (Å²) in [6.07, 6.45) is 2.59. The van der Waals surface area contributed by atoms with Crippen LogP contribution in [0.2, 0.25) is 0 Å². The molecule has 0 spiro atoms. The van der Waals surface area contributed by atoms with E-state index in [1.165, 1.54) is 18.2 Å². The van der Waals surface area contributed by atoms with Gasteiger partial charge in [0.2, 0.25) is 0 Å². The first-order chi connectivity index (χ1) is 9.52. The second-order valence-corrected chi connectivity index (χ2v) is 5.14. The van der Waals surface area contributed by atoms with Gasteiger partial charge in [0.15, 0.2) is 0 Å². The van der Waals surface area contributed by atoms with E-state index < -0.39 is 10.6 Å². The second-order valence-electron chi connectivity index (χ2n) is 4.29. The molecule has 0 amide bonds. The average molecular weight is 341 g/mol. The number of nitro groups is 1. The van der Waals surface area contributed by atoms with Gasteiger partial charge in [-0.2, -0.15) is 9.78 Å². The van der Waals surface area contributed by atoms with Crippen molar-refractivity contribution in [3.05, 3.63) is 49.1 Å². The Morgan fingerprint density at radius 2 is 2.25 bits per heavy atom. The maximum atomic E-state index is 11.9. The van der Waals surface area contributed by atoms with Crippen LogP contribution in [0.25, 0.3) is 5.69 Å². The summed E-state index contributed by atoms with van der Waals surface area (Å²) in [4.78, 5) is 24.8. The number of rotatable bonds is 5. The maximum Gasteiger partial charge on any atom is 0.348 e. The van der Waals surface area contributed by atoms with Crippen molar-refractivity contribution in [2.75, 3.05) is 0 Å². The minimum absolute atomic E-state index is 0.0896. The molecule has 8 heteroatoms. The van der Waals surface area contributed by atoms with Crippen LogP contribution in [-0.4, -0.2) is 19.7 Å². The average Bonchev–Trinajstić information content (AvgIpc) is 2.77. The Morgan fingerprint density at radius 3 is 2.90 bits per heavy atom. The van der Waals surface area contributed by atoms with Gasteiger partial charge >= 0.3 is 5.69 Å². The molecule has 0 aliphatic carbocycles. The summed E-state index contributed by atoms with van der Waals surface area (Å²) in [5, 5.41) is 15.0. The van der Waals surface area contributed by atoms with E-state index in [0.717, 1.165) is 17.5 Å². The van der Waals surface area contributed by atoms with Gasteiger partial charge < -0.3 is 0 Å². The van der Waals surface area contributed by atoms with Crippen LogP contribution in [0.3, 0.4) is 0 Å². The molecular formula is C12H13BrN4O3. The van der Waals surface area contributed by atoms with Crippen LogP contribution in [0.5, 0.6) is 0 Å². The number of nitrogens with zero attached hydrogens (tertiary/aromatic N) is 3. The quantitative estimate of drug-likeness (QED) is 0.668. The summed E-state index contributed by atoms with van der Waals surface area (Å²) in [5.41, 5.74) is -0.145. The zero-order valence-electron chi connectivity index (χ0n) is 10.8. The zero-order valence-corrected chi connectivity index (χ0v) is 12.4. The predicted molar refractivity (Wildman–Crippen MR) is 77.2 cm³/mol. The lowest BCUT2D eigenvalue weighted by molar-refractivity contribution is -0.384. The summed E-state index contributed by atoms with van der Waals surface area (Å²) in [7, 11) is 0. The molecule has 0 aliphatic heterocycles. The highest BCUT2D eigenvalue weighted by molar-refractivity contribution is 9.10. The standard InChI is InChI=1S/C12H13BrN4O3/c1-2-3-4-11-14-12(18)16(15-11)10-7-8(17(19)20)5-6-9(10)13/h5-7H,2-4H2,1H3,(H,14,15,18). The number of nitro benzene ring substituents is 1. The smallest absolute Gasteiger partial charge is 0.292 e. The summed E-state index contributed by atoms with van der Waals surface area (Å²) >= 11 is 3.28. The molecule has 2 aromatic rings. The Bertz CT molecular complexity index is 692. The summed E-state index contributed by atoms with van der Waals surface area (Å²) in [6.45, 7) is 2.05. The zero-order chi connectivity index (χ0) is 14.7. The van der Waals surface area contributed by atoms with E-state index in [2.05, 4.69) is 26.0 Å². The molecule has 20 heavy (non-hydrogen) atoms. The third-order valence-electron chi connectivity index (χ3n) is 2.80. The van der Waals surface area contributed by atoms with Crippen molar-refractivity contribution < 1.29 is 4.92 Å². The lowest BCUT2D eigenvalue weighted by Crippen LogP contribution is -2.16. The number of nitrogens with one attached hydrogen (secondary N) is 1. The van der Waals surface area contributed by atoms with Crippen LogP contribution in [0.15, 0.2) is 27.5 Å². The summed E-state index contributed by atoms with van der Waals surface area (Å²) < 4.78 is 1.71. The molecule has 0 aliphatic rings. The molecule has 7 nitrogen and oxygen atoms in total. The maximum absolute atomic E-state index is 11.9. The summed E-state index contributed by atoms with van der Waals surface area (Å²) in [5.74, 6) is 0.579. The van der Waals surface area contributed by atoms with Crippen molar-refractivity contribution in [3.63, 3.8) is 0 Å². The van der Waals surface area contributed by atoms with E-state index in [1.807, 2.05) is 6.92 Å². The van der Waals surface area contributed by atoms with Crippen molar-refractivity contribution in [2.45, 2.75) is 26.2 Å². The van der Waals surface area contributed by atoms with Gasteiger partial charge in [-0.3, -0.25) is 15.1 Å². The molecule has 1 heterocycles. The minimum atomic E-state index is -0.508. The lowest BCUT2D eigenvalue weighted by Gasteiger charge is -2.02. The predicted octanol–water partition coefficient (Wildman–Crippen LogP) is 2.57. The first kappa shape index (κ1) is 14.4. The van der Waals surface area contributed by atoms with Gasteiger partial charge in [-0.05, 0) is 28.4 Å². The highest BCUT2D eigenvalue weighted by Gasteiger charge is 2.14. The fraction of sp³-hybridized carbons (Fsp3) is 0.333. The Morgan fingerprint density at radius 1 is 1.50 bits per heavy atom. The molecule has 0 unspecified atom stereocenters. The van der Waals surface area contributed by atoms with Crippen LogP contribution in [-0.2, 0) is 6.42 Å².